The first-order valence-electron chi connectivity index (χ1n) is 5.71. The Bertz CT molecular complexity index is 526. The quantitative estimate of drug-likeness (QED) is 0.586. The summed E-state index contributed by atoms with van der Waals surface area (Å²) in [5, 5.41) is 3.42. The van der Waals surface area contributed by atoms with Gasteiger partial charge >= 0.3 is 0 Å². The summed E-state index contributed by atoms with van der Waals surface area (Å²) in [7, 11) is -3.13. The first-order valence-corrected chi connectivity index (χ1v) is 8.73. The van der Waals surface area contributed by atoms with E-state index in [9.17, 15) is 8.42 Å². The van der Waals surface area contributed by atoms with Gasteiger partial charge in [-0.15, -0.1) is 0 Å². The van der Waals surface area contributed by atoms with Crippen molar-refractivity contribution in [3.05, 3.63) is 16.0 Å². The highest BCUT2D eigenvalue weighted by atomic mass is 79.9. The molecule has 19 heavy (non-hydrogen) atoms. The lowest BCUT2D eigenvalue weighted by molar-refractivity contribution is 0.428. The second kappa shape index (κ2) is 7.37. The summed E-state index contributed by atoms with van der Waals surface area (Å²) in [4.78, 5) is 7.86. The minimum atomic E-state index is -3.13. The van der Waals surface area contributed by atoms with Crippen molar-refractivity contribution in [3.63, 3.8) is 0 Å². The van der Waals surface area contributed by atoms with Crippen molar-refractivity contribution in [2.45, 2.75) is 13.3 Å². The Balaban J connectivity index is 2.45. The standard InChI is InChI=1S/C10H16BrClN4O2S/c1-3-16(19(2,17)18)6-4-5-13-10-8(11)9(12)14-7-15-10/h7H,3-6H2,1-2H3,(H,13,14,15). The Hall–Kier alpha value is -0.440. The van der Waals surface area contributed by atoms with Gasteiger partial charge in [-0.3, -0.25) is 0 Å². The molecule has 9 heteroatoms. The van der Waals surface area contributed by atoms with Gasteiger partial charge in [0.2, 0.25) is 10.0 Å². The Labute approximate surface area is 126 Å². The van der Waals surface area contributed by atoms with Gasteiger partial charge in [0, 0.05) is 19.6 Å². The number of hydrogen-bond acceptors (Lipinski definition) is 5. The molecule has 0 aliphatic carbocycles. The fourth-order valence-electron chi connectivity index (χ4n) is 1.49. The molecule has 1 aromatic heterocycles. The summed E-state index contributed by atoms with van der Waals surface area (Å²) < 4.78 is 24.8. The normalized spacial score (nSPS) is 11.8. The van der Waals surface area contributed by atoms with Crippen molar-refractivity contribution < 1.29 is 8.42 Å². The van der Waals surface area contributed by atoms with Crippen LogP contribution in [0.2, 0.25) is 5.15 Å². The molecule has 1 heterocycles. The minimum absolute atomic E-state index is 0.337. The molecule has 108 valence electrons. The molecule has 0 radical (unpaired) electrons. The van der Waals surface area contributed by atoms with Crippen molar-refractivity contribution in [1.82, 2.24) is 14.3 Å². The molecule has 0 atom stereocenters. The van der Waals surface area contributed by atoms with Crippen LogP contribution >= 0.6 is 27.5 Å². The fourth-order valence-corrected chi connectivity index (χ4v) is 2.90. The highest BCUT2D eigenvalue weighted by Crippen LogP contribution is 2.25. The maximum Gasteiger partial charge on any atom is 0.211 e. The summed E-state index contributed by atoms with van der Waals surface area (Å²) in [6, 6.07) is 0. The van der Waals surface area contributed by atoms with Gasteiger partial charge in [-0.05, 0) is 22.4 Å². The van der Waals surface area contributed by atoms with Crippen molar-refractivity contribution in [3.8, 4) is 0 Å². The summed E-state index contributed by atoms with van der Waals surface area (Å²) >= 11 is 9.11. The number of nitrogens with zero attached hydrogens (tertiary/aromatic N) is 3. The zero-order valence-corrected chi connectivity index (χ0v) is 13.9. The van der Waals surface area contributed by atoms with E-state index in [1.165, 1.54) is 16.9 Å². The molecule has 0 aliphatic heterocycles. The SMILES string of the molecule is CCN(CCCNc1ncnc(Cl)c1Br)S(C)(=O)=O. The molecule has 1 N–H and O–H groups in total. The third-order valence-corrected chi connectivity index (χ3v) is 5.09. The third kappa shape index (κ3) is 5.21. The lowest BCUT2D eigenvalue weighted by atomic mass is 10.4. The maximum atomic E-state index is 11.4. The summed E-state index contributed by atoms with van der Waals surface area (Å²) in [5.74, 6) is 0.599. The molecular formula is C10H16BrClN4O2S. The Morgan fingerprint density at radius 3 is 2.74 bits per heavy atom. The predicted molar refractivity (Wildman–Crippen MR) is 79.9 cm³/mol. The molecule has 0 fully saturated rings. The first kappa shape index (κ1) is 16.6. The van der Waals surface area contributed by atoms with Crippen LogP contribution in [0.5, 0.6) is 0 Å². The second-order valence-corrected chi connectivity index (χ2v) is 7.00. The second-order valence-electron chi connectivity index (χ2n) is 3.86. The summed E-state index contributed by atoms with van der Waals surface area (Å²) in [6.07, 6.45) is 3.25. The number of anilines is 1. The molecule has 0 bridgehead atoms. The molecule has 0 aliphatic rings. The van der Waals surface area contributed by atoms with Crippen LogP contribution in [0.3, 0.4) is 0 Å². The molecule has 1 aromatic rings. The summed E-state index contributed by atoms with van der Waals surface area (Å²) in [5.41, 5.74) is 0. The van der Waals surface area contributed by atoms with Gasteiger partial charge in [0.05, 0.1) is 10.7 Å². The summed E-state index contributed by atoms with van der Waals surface area (Å²) in [6.45, 7) is 3.36. The van der Waals surface area contributed by atoms with Crippen LogP contribution in [0.1, 0.15) is 13.3 Å². The molecule has 0 unspecified atom stereocenters. The molecule has 0 spiro atoms. The van der Waals surface area contributed by atoms with Gasteiger partial charge in [-0.2, -0.15) is 0 Å². The van der Waals surface area contributed by atoms with Gasteiger partial charge in [-0.1, -0.05) is 18.5 Å². The predicted octanol–water partition coefficient (Wildman–Crippen LogP) is 1.98. The molecule has 0 saturated heterocycles. The van der Waals surface area contributed by atoms with Crippen LogP contribution in [-0.4, -0.2) is 48.6 Å². The maximum absolute atomic E-state index is 11.4. The third-order valence-electron chi connectivity index (χ3n) is 2.45. The molecule has 6 nitrogen and oxygen atoms in total. The van der Waals surface area contributed by atoms with Crippen molar-refractivity contribution >= 4 is 43.4 Å². The molecule has 0 aromatic carbocycles. The van der Waals surface area contributed by atoms with Crippen LogP contribution in [0.15, 0.2) is 10.8 Å². The lowest BCUT2D eigenvalue weighted by Crippen LogP contribution is -2.31. The molecule has 0 amide bonds. The van der Waals surface area contributed by atoms with E-state index in [-0.39, 0.29) is 0 Å². The number of nitrogens with one attached hydrogen (secondary N) is 1. The minimum Gasteiger partial charge on any atom is -0.369 e. The van der Waals surface area contributed by atoms with Gasteiger partial charge in [0.25, 0.3) is 0 Å². The lowest BCUT2D eigenvalue weighted by Gasteiger charge is -2.17. The van der Waals surface area contributed by atoms with E-state index in [1.807, 2.05) is 6.92 Å². The van der Waals surface area contributed by atoms with Gasteiger partial charge in [0.1, 0.15) is 17.3 Å². The monoisotopic (exact) mass is 370 g/mol. The van der Waals surface area contributed by atoms with Gasteiger partial charge in [0.15, 0.2) is 0 Å². The molecule has 0 saturated carbocycles. The van der Waals surface area contributed by atoms with Gasteiger partial charge in [-0.25, -0.2) is 22.7 Å². The largest absolute Gasteiger partial charge is 0.369 e. The van der Waals surface area contributed by atoms with E-state index in [0.29, 0.717) is 41.5 Å². The van der Waals surface area contributed by atoms with Crippen LogP contribution < -0.4 is 5.32 Å². The topological polar surface area (TPSA) is 75.2 Å². The van der Waals surface area contributed by atoms with Crippen molar-refractivity contribution in [1.29, 1.82) is 0 Å². The fraction of sp³-hybridized carbons (Fsp3) is 0.600. The first-order chi connectivity index (χ1) is 8.86. The smallest absolute Gasteiger partial charge is 0.211 e. The van der Waals surface area contributed by atoms with E-state index < -0.39 is 10.0 Å². The van der Waals surface area contributed by atoms with Crippen LogP contribution in [0.25, 0.3) is 0 Å². The highest BCUT2D eigenvalue weighted by Gasteiger charge is 2.13. The van der Waals surface area contributed by atoms with E-state index in [1.54, 1.807) is 0 Å². The number of halogens is 2. The average molecular weight is 372 g/mol. The van der Waals surface area contributed by atoms with Crippen molar-refractivity contribution in [2.75, 3.05) is 31.2 Å². The average Bonchev–Trinajstić information content (AvgIpc) is 2.32. The van der Waals surface area contributed by atoms with Crippen LogP contribution in [0.4, 0.5) is 5.82 Å². The number of sulfonamides is 1. The Kier molecular flexibility index (Phi) is 6.45. The van der Waals surface area contributed by atoms with Crippen molar-refractivity contribution in [2.24, 2.45) is 0 Å². The van der Waals surface area contributed by atoms with E-state index in [0.717, 1.165) is 0 Å². The number of hydrogen-bond donors (Lipinski definition) is 1. The zero-order valence-electron chi connectivity index (χ0n) is 10.7. The van der Waals surface area contributed by atoms with Gasteiger partial charge < -0.3 is 5.32 Å². The van der Waals surface area contributed by atoms with Crippen LogP contribution in [-0.2, 0) is 10.0 Å². The van der Waals surface area contributed by atoms with E-state index in [2.05, 4.69) is 31.2 Å². The molecule has 1 rings (SSSR count). The molecular weight excluding hydrogens is 356 g/mol. The van der Waals surface area contributed by atoms with E-state index in [4.69, 9.17) is 11.6 Å². The van der Waals surface area contributed by atoms with E-state index >= 15 is 0 Å². The number of rotatable bonds is 7. The number of aromatic nitrogens is 2. The Morgan fingerprint density at radius 1 is 1.47 bits per heavy atom. The van der Waals surface area contributed by atoms with Crippen LogP contribution in [0, 0.1) is 0 Å². The highest BCUT2D eigenvalue weighted by molar-refractivity contribution is 9.10. The Morgan fingerprint density at radius 2 is 2.16 bits per heavy atom. The zero-order chi connectivity index (χ0) is 14.5.